The maximum Gasteiger partial charge on any atom is 0.225 e. The normalized spacial score (nSPS) is 25.8. The van der Waals surface area contributed by atoms with Gasteiger partial charge in [-0.2, -0.15) is 0 Å². The minimum absolute atomic E-state index is 0.00424. The molecule has 0 radical (unpaired) electrons. The van der Waals surface area contributed by atoms with Gasteiger partial charge in [-0.25, -0.2) is 0 Å². The lowest BCUT2D eigenvalue weighted by Gasteiger charge is -2.30. The summed E-state index contributed by atoms with van der Waals surface area (Å²) in [5, 5.41) is 12.8. The molecule has 24 heavy (non-hydrogen) atoms. The van der Waals surface area contributed by atoms with E-state index in [9.17, 15) is 9.90 Å². The first kappa shape index (κ1) is 17.4. The lowest BCUT2D eigenvalue weighted by molar-refractivity contribution is -0.127. The van der Waals surface area contributed by atoms with Crippen LogP contribution in [0.15, 0.2) is 24.3 Å². The van der Waals surface area contributed by atoms with Gasteiger partial charge < -0.3 is 10.4 Å². The van der Waals surface area contributed by atoms with Gasteiger partial charge in [0.05, 0.1) is 12.0 Å². The van der Waals surface area contributed by atoms with Crippen molar-refractivity contribution in [3.05, 3.63) is 35.4 Å². The maximum atomic E-state index is 12.2. The molecule has 1 aromatic rings. The van der Waals surface area contributed by atoms with E-state index in [0.29, 0.717) is 6.54 Å². The molecule has 1 aromatic carbocycles. The Bertz CT molecular complexity index is 552. The second kappa shape index (κ2) is 8.13. The van der Waals surface area contributed by atoms with Gasteiger partial charge in [0.2, 0.25) is 5.91 Å². The summed E-state index contributed by atoms with van der Waals surface area (Å²) in [5.41, 5.74) is 2.45. The molecular formula is C20H30N2O2. The Balaban J connectivity index is 1.50. The topological polar surface area (TPSA) is 52.6 Å². The van der Waals surface area contributed by atoms with Crippen molar-refractivity contribution in [2.75, 3.05) is 13.1 Å². The summed E-state index contributed by atoms with van der Waals surface area (Å²) < 4.78 is 0. The Morgan fingerprint density at radius 1 is 1.21 bits per heavy atom. The van der Waals surface area contributed by atoms with E-state index < -0.39 is 6.10 Å². The molecule has 0 spiro atoms. The predicted molar refractivity (Wildman–Crippen MR) is 95.3 cm³/mol. The minimum atomic E-state index is -0.460. The van der Waals surface area contributed by atoms with Crippen LogP contribution in [0.2, 0.25) is 0 Å². The quantitative estimate of drug-likeness (QED) is 0.873. The minimum Gasteiger partial charge on any atom is -0.392 e. The van der Waals surface area contributed by atoms with Gasteiger partial charge in [0, 0.05) is 13.1 Å². The molecule has 1 amide bonds. The highest BCUT2D eigenvalue weighted by molar-refractivity contribution is 5.79. The van der Waals surface area contributed by atoms with Crippen LogP contribution in [0.1, 0.15) is 50.2 Å². The zero-order valence-electron chi connectivity index (χ0n) is 14.7. The van der Waals surface area contributed by atoms with E-state index in [0.717, 1.165) is 37.3 Å². The van der Waals surface area contributed by atoms with Crippen molar-refractivity contribution < 1.29 is 9.90 Å². The number of hydrogen-bond acceptors (Lipinski definition) is 3. The number of aliphatic hydroxyl groups is 1. The molecular weight excluding hydrogens is 300 g/mol. The number of piperidine rings is 1. The maximum absolute atomic E-state index is 12.2. The summed E-state index contributed by atoms with van der Waals surface area (Å²) in [5.74, 6) is 0.632. The Kier molecular flexibility index (Phi) is 5.90. The highest BCUT2D eigenvalue weighted by Crippen LogP contribution is 2.25. The summed E-state index contributed by atoms with van der Waals surface area (Å²) in [7, 11) is 0. The van der Waals surface area contributed by atoms with Crippen molar-refractivity contribution in [3.8, 4) is 0 Å². The fourth-order valence-electron chi connectivity index (χ4n) is 3.88. The van der Waals surface area contributed by atoms with E-state index >= 15 is 0 Å². The van der Waals surface area contributed by atoms with E-state index in [-0.39, 0.29) is 11.8 Å². The molecule has 2 aliphatic rings. The molecule has 4 nitrogen and oxygen atoms in total. The van der Waals surface area contributed by atoms with E-state index in [4.69, 9.17) is 0 Å². The third-order valence-electron chi connectivity index (χ3n) is 5.56. The molecule has 2 unspecified atom stereocenters. The molecule has 132 valence electrons. The first-order chi connectivity index (χ1) is 11.6. The van der Waals surface area contributed by atoms with Gasteiger partial charge in [0.15, 0.2) is 0 Å². The first-order valence-corrected chi connectivity index (χ1v) is 9.38. The van der Waals surface area contributed by atoms with Crippen molar-refractivity contribution in [1.82, 2.24) is 10.2 Å². The third kappa shape index (κ3) is 4.58. The number of nitrogens with zero attached hydrogens (tertiary/aromatic N) is 1. The SMILES string of the molecule is CC1CCN(Cc2cccc(CNC(=O)C3CCCC3O)c2)CC1. The second-order valence-electron chi connectivity index (χ2n) is 7.60. The number of aliphatic hydroxyl groups excluding tert-OH is 1. The number of amides is 1. The van der Waals surface area contributed by atoms with Gasteiger partial charge in [0.25, 0.3) is 0 Å². The van der Waals surface area contributed by atoms with Crippen LogP contribution in [0, 0.1) is 11.8 Å². The molecule has 1 saturated heterocycles. The molecule has 2 atom stereocenters. The summed E-state index contributed by atoms with van der Waals surface area (Å²) in [6.45, 7) is 6.24. The van der Waals surface area contributed by atoms with Gasteiger partial charge in [-0.05, 0) is 62.2 Å². The molecule has 1 aliphatic heterocycles. The number of carbonyl (C=O) groups excluding carboxylic acids is 1. The molecule has 3 rings (SSSR count). The van der Waals surface area contributed by atoms with Crippen molar-refractivity contribution in [2.45, 2.75) is 58.2 Å². The van der Waals surface area contributed by atoms with E-state index in [1.807, 2.05) is 0 Å². The summed E-state index contributed by atoms with van der Waals surface area (Å²) in [6.07, 6.45) is 4.63. The first-order valence-electron chi connectivity index (χ1n) is 9.38. The molecule has 1 heterocycles. The van der Waals surface area contributed by atoms with Gasteiger partial charge in [-0.1, -0.05) is 31.2 Å². The van der Waals surface area contributed by atoms with E-state index in [2.05, 4.69) is 41.4 Å². The third-order valence-corrected chi connectivity index (χ3v) is 5.56. The molecule has 2 N–H and O–H groups in total. The molecule has 0 aromatic heterocycles. The van der Waals surface area contributed by atoms with Crippen molar-refractivity contribution in [3.63, 3.8) is 0 Å². The standard InChI is InChI=1S/C20H30N2O2/c1-15-8-10-22(11-9-15)14-17-5-2-4-16(12-17)13-21-20(24)18-6-3-7-19(18)23/h2,4-5,12,15,18-19,23H,3,6-11,13-14H2,1H3,(H,21,24). The van der Waals surface area contributed by atoms with E-state index in [1.165, 1.54) is 31.5 Å². The van der Waals surface area contributed by atoms with Crippen molar-refractivity contribution in [1.29, 1.82) is 0 Å². The lowest BCUT2D eigenvalue weighted by atomic mass is 9.98. The summed E-state index contributed by atoms with van der Waals surface area (Å²) in [4.78, 5) is 14.7. The zero-order chi connectivity index (χ0) is 16.9. The van der Waals surface area contributed by atoms with Crippen molar-refractivity contribution in [2.24, 2.45) is 11.8 Å². The van der Waals surface area contributed by atoms with Crippen LogP contribution in [0.25, 0.3) is 0 Å². The van der Waals surface area contributed by atoms with Gasteiger partial charge in [0.1, 0.15) is 0 Å². The number of benzene rings is 1. The number of likely N-dealkylation sites (tertiary alicyclic amines) is 1. The Morgan fingerprint density at radius 2 is 1.96 bits per heavy atom. The van der Waals surface area contributed by atoms with Crippen LogP contribution in [0.4, 0.5) is 0 Å². The summed E-state index contributed by atoms with van der Waals surface area (Å²) >= 11 is 0. The number of carbonyl (C=O) groups is 1. The second-order valence-corrected chi connectivity index (χ2v) is 7.60. The number of rotatable bonds is 5. The Morgan fingerprint density at radius 3 is 2.67 bits per heavy atom. The molecule has 1 aliphatic carbocycles. The number of nitrogens with one attached hydrogen (secondary N) is 1. The smallest absolute Gasteiger partial charge is 0.225 e. The van der Waals surface area contributed by atoms with Crippen LogP contribution < -0.4 is 5.32 Å². The Labute approximate surface area is 145 Å². The largest absolute Gasteiger partial charge is 0.392 e. The van der Waals surface area contributed by atoms with Crippen LogP contribution in [0.3, 0.4) is 0 Å². The molecule has 0 bridgehead atoms. The fraction of sp³-hybridized carbons (Fsp3) is 0.650. The number of hydrogen-bond donors (Lipinski definition) is 2. The molecule has 2 fully saturated rings. The summed E-state index contributed by atoms with van der Waals surface area (Å²) in [6, 6.07) is 8.51. The average Bonchev–Trinajstić information content (AvgIpc) is 3.01. The van der Waals surface area contributed by atoms with Gasteiger partial charge >= 0.3 is 0 Å². The monoisotopic (exact) mass is 330 g/mol. The molecule has 1 saturated carbocycles. The van der Waals surface area contributed by atoms with Crippen LogP contribution in [-0.2, 0) is 17.9 Å². The van der Waals surface area contributed by atoms with Gasteiger partial charge in [-0.15, -0.1) is 0 Å². The van der Waals surface area contributed by atoms with E-state index in [1.54, 1.807) is 0 Å². The molecule has 4 heteroatoms. The van der Waals surface area contributed by atoms with Crippen LogP contribution >= 0.6 is 0 Å². The fourth-order valence-corrected chi connectivity index (χ4v) is 3.88. The van der Waals surface area contributed by atoms with Crippen LogP contribution in [-0.4, -0.2) is 35.1 Å². The average molecular weight is 330 g/mol. The van der Waals surface area contributed by atoms with Crippen LogP contribution in [0.5, 0.6) is 0 Å². The Hall–Kier alpha value is -1.39. The lowest BCUT2D eigenvalue weighted by Crippen LogP contribution is -2.34. The van der Waals surface area contributed by atoms with Gasteiger partial charge in [-0.3, -0.25) is 9.69 Å². The van der Waals surface area contributed by atoms with Crippen molar-refractivity contribution >= 4 is 5.91 Å². The highest BCUT2D eigenvalue weighted by Gasteiger charge is 2.31. The predicted octanol–water partition coefficient (Wildman–Crippen LogP) is 2.70. The highest BCUT2D eigenvalue weighted by atomic mass is 16.3. The zero-order valence-corrected chi connectivity index (χ0v) is 14.7.